The van der Waals surface area contributed by atoms with Crippen LogP contribution in [-0.4, -0.2) is 20.6 Å². The van der Waals surface area contributed by atoms with Gasteiger partial charge in [0.2, 0.25) is 5.91 Å². The number of phenolic OH excluding ortho intramolecular Hbond substituents is 1. The first-order valence-electron chi connectivity index (χ1n) is 6.32. The molecule has 0 radical (unpaired) electrons. The molecule has 1 aliphatic heterocycles. The van der Waals surface area contributed by atoms with Crippen LogP contribution >= 0.6 is 0 Å². The van der Waals surface area contributed by atoms with Crippen molar-refractivity contribution >= 4 is 11.6 Å². The molecule has 2 N–H and O–H groups in total. The van der Waals surface area contributed by atoms with E-state index in [2.05, 4.69) is 14.9 Å². The van der Waals surface area contributed by atoms with Crippen LogP contribution < -0.4 is 5.32 Å². The molecule has 5 heteroatoms. The molecule has 3 rings (SSSR count). The quantitative estimate of drug-likeness (QED) is 0.806. The molecule has 2 aromatic rings. The minimum Gasteiger partial charge on any atom is -0.508 e. The second kappa shape index (κ2) is 4.76. The fraction of sp³-hybridized carbons (Fsp3) is 0.286. The van der Waals surface area contributed by atoms with E-state index in [0.717, 1.165) is 18.8 Å². The summed E-state index contributed by atoms with van der Waals surface area (Å²) in [4.78, 5) is 16.4. The van der Waals surface area contributed by atoms with Crippen molar-refractivity contribution in [1.29, 1.82) is 0 Å². The van der Waals surface area contributed by atoms with E-state index in [1.54, 1.807) is 30.5 Å². The van der Waals surface area contributed by atoms with E-state index < -0.39 is 0 Å². The summed E-state index contributed by atoms with van der Waals surface area (Å²) < 4.78 is 2.09. The monoisotopic (exact) mass is 257 g/mol. The van der Waals surface area contributed by atoms with E-state index in [-0.39, 0.29) is 17.6 Å². The number of anilines is 1. The molecule has 1 unspecified atom stereocenters. The molecule has 1 amide bonds. The van der Waals surface area contributed by atoms with E-state index >= 15 is 0 Å². The molecule has 5 nitrogen and oxygen atoms in total. The number of fused-ring (bicyclic) bond motifs is 1. The molecule has 0 fully saturated rings. The number of carbonyl (C=O) groups excluding carboxylic acids is 1. The first-order chi connectivity index (χ1) is 9.22. The van der Waals surface area contributed by atoms with Crippen molar-refractivity contribution < 1.29 is 9.90 Å². The molecule has 0 saturated heterocycles. The largest absolute Gasteiger partial charge is 0.508 e. The summed E-state index contributed by atoms with van der Waals surface area (Å²) in [6.45, 7) is 0.836. The van der Waals surface area contributed by atoms with Gasteiger partial charge in [0.1, 0.15) is 11.6 Å². The minimum absolute atomic E-state index is 0.0138. The summed E-state index contributed by atoms with van der Waals surface area (Å²) in [6, 6.07) is 6.50. The second-order valence-electron chi connectivity index (χ2n) is 4.76. The van der Waals surface area contributed by atoms with Crippen LogP contribution in [0.1, 0.15) is 12.2 Å². The van der Waals surface area contributed by atoms with Crippen molar-refractivity contribution in [1.82, 2.24) is 9.55 Å². The zero-order chi connectivity index (χ0) is 13.2. The number of hydrogen-bond acceptors (Lipinski definition) is 3. The number of hydrogen-bond donors (Lipinski definition) is 2. The van der Waals surface area contributed by atoms with Gasteiger partial charge in [0.15, 0.2) is 0 Å². The van der Waals surface area contributed by atoms with Crippen molar-refractivity contribution in [3.63, 3.8) is 0 Å². The van der Waals surface area contributed by atoms with Gasteiger partial charge in [0, 0.05) is 37.0 Å². The predicted molar refractivity (Wildman–Crippen MR) is 70.8 cm³/mol. The van der Waals surface area contributed by atoms with Gasteiger partial charge in [-0.1, -0.05) is 0 Å². The average molecular weight is 257 g/mol. The molecule has 1 aliphatic rings. The molecule has 2 heterocycles. The van der Waals surface area contributed by atoms with Crippen LogP contribution in [0.4, 0.5) is 5.69 Å². The molecule has 19 heavy (non-hydrogen) atoms. The number of aromatic hydroxyl groups is 1. The molecular formula is C14H15N3O2. The Labute approximate surface area is 110 Å². The Hall–Kier alpha value is -2.30. The zero-order valence-electron chi connectivity index (χ0n) is 10.4. The Balaban J connectivity index is 1.67. The lowest BCUT2D eigenvalue weighted by atomic mass is 9.97. The molecular weight excluding hydrogens is 242 g/mol. The van der Waals surface area contributed by atoms with E-state index in [4.69, 9.17) is 0 Å². The number of phenols is 1. The smallest absolute Gasteiger partial charge is 0.228 e. The lowest BCUT2D eigenvalue weighted by molar-refractivity contribution is -0.120. The van der Waals surface area contributed by atoms with Crippen LogP contribution in [0.2, 0.25) is 0 Å². The summed E-state index contributed by atoms with van der Waals surface area (Å²) in [6.07, 6.45) is 5.23. The molecule has 98 valence electrons. The molecule has 0 aliphatic carbocycles. The van der Waals surface area contributed by atoms with Gasteiger partial charge in [-0.15, -0.1) is 0 Å². The molecule has 0 saturated carbocycles. The highest BCUT2D eigenvalue weighted by Crippen LogP contribution is 2.21. The highest BCUT2D eigenvalue weighted by molar-refractivity contribution is 5.92. The standard InChI is InChI=1S/C14H15N3O2/c18-12-3-1-11(2-4-12)16-14(19)10-5-7-17-8-6-15-13(17)9-10/h1-4,6,8,10,18H,5,7,9H2,(H,16,19). The van der Waals surface area contributed by atoms with Gasteiger partial charge in [-0.25, -0.2) is 4.98 Å². The number of aryl methyl sites for hydroxylation is 1. The van der Waals surface area contributed by atoms with Gasteiger partial charge in [-0.05, 0) is 30.7 Å². The normalized spacial score (nSPS) is 17.8. The molecule has 1 atom stereocenters. The maximum Gasteiger partial charge on any atom is 0.228 e. The third-order valence-corrected chi connectivity index (χ3v) is 3.45. The van der Waals surface area contributed by atoms with Crippen molar-refractivity contribution in [2.45, 2.75) is 19.4 Å². The average Bonchev–Trinajstić information content (AvgIpc) is 2.88. The van der Waals surface area contributed by atoms with Crippen LogP contribution in [0.25, 0.3) is 0 Å². The molecule has 0 spiro atoms. The highest BCUT2D eigenvalue weighted by Gasteiger charge is 2.25. The fourth-order valence-electron chi connectivity index (χ4n) is 2.36. The Morgan fingerprint density at radius 1 is 1.37 bits per heavy atom. The number of benzene rings is 1. The fourth-order valence-corrected chi connectivity index (χ4v) is 2.36. The summed E-state index contributed by atoms with van der Waals surface area (Å²) in [5.74, 6) is 1.14. The summed E-state index contributed by atoms with van der Waals surface area (Å²) in [7, 11) is 0. The third-order valence-electron chi connectivity index (χ3n) is 3.45. The number of nitrogens with one attached hydrogen (secondary N) is 1. The lowest BCUT2D eigenvalue weighted by Gasteiger charge is -2.22. The van der Waals surface area contributed by atoms with Crippen molar-refractivity contribution in [2.24, 2.45) is 5.92 Å². The first kappa shape index (κ1) is 11.8. The van der Waals surface area contributed by atoms with E-state index in [1.165, 1.54) is 0 Å². The first-order valence-corrected chi connectivity index (χ1v) is 6.32. The number of nitrogens with zero attached hydrogens (tertiary/aromatic N) is 2. The number of rotatable bonds is 2. The van der Waals surface area contributed by atoms with Gasteiger partial charge in [0.05, 0.1) is 0 Å². The Morgan fingerprint density at radius 2 is 2.16 bits per heavy atom. The van der Waals surface area contributed by atoms with Gasteiger partial charge in [-0.3, -0.25) is 4.79 Å². The van der Waals surface area contributed by atoms with Gasteiger partial charge in [0.25, 0.3) is 0 Å². The van der Waals surface area contributed by atoms with Crippen molar-refractivity contribution in [2.75, 3.05) is 5.32 Å². The lowest BCUT2D eigenvalue weighted by Crippen LogP contribution is -2.30. The summed E-state index contributed by atoms with van der Waals surface area (Å²) in [5.41, 5.74) is 0.705. The van der Waals surface area contributed by atoms with Crippen LogP contribution in [-0.2, 0) is 17.8 Å². The summed E-state index contributed by atoms with van der Waals surface area (Å²) in [5, 5.41) is 12.1. The Morgan fingerprint density at radius 3 is 2.95 bits per heavy atom. The maximum absolute atomic E-state index is 12.2. The SMILES string of the molecule is O=C(Nc1ccc(O)cc1)C1CCn2ccnc2C1. The van der Waals surface area contributed by atoms with Gasteiger partial charge >= 0.3 is 0 Å². The third kappa shape index (κ3) is 2.45. The van der Waals surface area contributed by atoms with Gasteiger partial charge in [-0.2, -0.15) is 0 Å². The summed E-state index contributed by atoms with van der Waals surface area (Å²) >= 11 is 0. The van der Waals surface area contributed by atoms with E-state index in [0.29, 0.717) is 12.1 Å². The van der Waals surface area contributed by atoms with Crippen molar-refractivity contribution in [3.8, 4) is 5.75 Å². The van der Waals surface area contributed by atoms with E-state index in [1.807, 2.05) is 6.20 Å². The molecule has 1 aromatic heterocycles. The maximum atomic E-state index is 12.2. The zero-order valence-corrected chi connectivity index (χ0v) is 10.4. The van der Waals surface area contributed by atoms with Gasteiger partial charge < -0.3 is 15.0 Å². The molecule has 1 aromatic carbocycles. The van der Waals surface area contributed by atoms with Crippen LogP contribution in [0.5, 0.6) is 5.75 Å². The van der Waals surface area contributed by atoms with Crippen molar-refractivity contribution in [3.05, 3.63) is 42.5 Å². The number of carbonyl (C=O) groups is 1. The highest BCUT2D eigenvalue weighted by atomic mass is 16.3. The topological polar surface area (TPSA) is 67.2 Å². The predicted octanol–water partition coefficient (Wildman–Crippen LogP) is 1.79. The number of aromatic nitrogens is 2. The van der Waals surface area contributed by atoms with Crippen LogP contribution in [0, 0.1) is 5.92 Å². The van der Waals surface area contributed by atoms with Crippen LogP contribution in [0.3, 0.4) is 0 Å². The van der Waals surface area contributed by atoms with Crippen LogP contribution in [0.15, 0.2) is 36.7 Å². The number of amides is 1. The Kier molecular flexibility index (Phi) is 2.95. The number of imidazole rings is 1. The Bertz CT molecular complexity index is 589. The van der Waals surface area contributed by atoms with E-state index in [9.17, 15) is 9.90 Å². The minimum atomic E-state index is -0.0382. The second-order valence-corrected chi connectivity index (χ2v) is 4.76. The molecule has 0 bridgehead atoms.